The first-order valence-corrected chi connectivity index (χ1v) is 9.85. The average molecular weight is 352 g/mol. The maximum Gasteiger partial charge on any atom is 0.311 e. The van der Waals surface area contributed by atoms with Gasteiger partial charge in [-0.15, -0.1) is 0 Å². The molecule has 2 aromatic rings. The smallest absolute Gasteiger partial charge is 0.311 e. The Hall–Kier alpha value is -2.23. The highest BCUT2D eigenvalue weighted by Crippen LogP contribution is 2.29. The molecule has 0 aliphatic heterocycles. The lowest BCUT2D eigenvalue weighted by Gasteiger charge is -2.23. The molecule has 0 fully saturated rings. The van der Waals surface area contributed by atoms with Crippen molar-refractivity contribution >= 4 is 5.97 Å². The zero-order valence-corrected chi connectivity index (χ0v) is 15.8. The molecule has 4 heteroatoms. The number of fused-ring (bicyclic) bond motifs is 1. The standard InChI is InChI=1S/C22H28N2O2/c1-3-5-7-16-8-13-20-18(14-16)15-23-22(24-20)17-9-11-19(12-10-17)26-21(25)6-4-2/h9-12,15-16H,3-8,13-14H2,1-2H3. The molecule has 1 aliphatic rings. The van der Waals surface area contributed by atoms with Crippen LogP contribution in [-0.4, -0.2) is 15.9 Å². The van der Waals surface area contributed by atoms with Crippen molar-refractivity contribution in [2.24, 2.45) is 5.92 Å². The number of unbranched alkanes of at least 4 members (excludes halogenated alkanes) is 1. The van der Waals surface area contributed by atoms with Gasteiger partial charge in [0.05, 0.1) is 0 Å². The molecule has 4 nitrogen and oxygen atoms in total. The Morgan fingerprint density at radius 1 is 1.19 bits per heavy atom. The van der Waals surface area contributed by atoms with Gasteiger partial charge in [0.1, 0.15) is 5.75 Å². The molecule has 1 heterocycles. The van der Waals surface area contributed by atoms with Gasteiger partial charge in [0.15, 0.2) is 5.82 Å². The second-order valence-electron chi connectivity index (χ2n) is 7.17. The van der Waals surface area contributed by atoms with E-state index in [9.17, 15) is 4.79 Å². The monoisotopic (exact) mass is 352 g/mol. The number of aryl methyl sites for hydroxylation is 1. The molecule has 1 atom stereocenters. The minimum Gasteiger partial charge on any atom is -0.427 e. The highest BCUT2D eigenvalue weighted by atomic mass is 16.5. The predicted molar refractivity (Wildman–Crippen MR) is 103 cm³/mol. The largest absolute Gasteiger partial charge is 0.427 e. The fourth-order valence-electron chi connectivity index (χ4n) is 3.52. The number of nitrogens with zero attached hydrogens (tertiary/aromatic N) is 2. The van der Waals surface area contributed by atoms with E-state index in [1.165, 1.54) is 36.9 Å². The van der Waals surface area contributed by atoms with E-state index >= 15 is 0 Å². The molecule has 0 amide bonds. The summed E-state index contributed by atoms with van der Waals surface area (Å²) in [6.07, 6.45) is 10.5. The molecular formula is C22H28N2O2. The number of carbonyl (C=O) groups is 1. The molecule has 26 heavy (non-hydrogen) atoms. The van der Waals surface area contributed by atoms with Crippen molar-refractivity contribution in [1.29, 1.82) is 0 Å². The van der Waals surface area contributed by atoms with Gasteiger partial charge < -0.3 is 4.74 Å². The molecule has 3 rings (SSSR count). The summed E-state index contributed by atoms with van der Waals surface area (Å²) in [5.41, 5.74) is 3.46. The van der Waals surface area contributed by atoms with Gasteiger partial charge in [-0.25, -0.2) is 9.97 Å². The molecule has 1 unspecified atom stereocenters. The van der Waals surface area contributed by atoms with E-state index < -0.39 is 0 Å². The molecule has 0 bridgehead atoms. The van der Waals surface area contributed by atoms with Crippen LogP contribution in [0, 0.1) is 5.92 Å². The van der Waals surface area contributed by atoms with Crippen LogP contribution < -0.4 is 4.74 Å². The highest BCUT2D eigenvalue weighted by Gasteiger charge is 2.20. The van der Waals surface area contributed by atoms with Crippen LogP contribution in [0.2, 0.25) is 0 Å². The summed E-state index contributed by atoms with van der Waals surface area (Å²) in [4.78, 5) is 21.0. The molecule has 0 N–H and O–H groups in total. The molecule has 0 saturated carbocycles. The maximum absolute atomic E-state index is 11.6. The number of hydrogen-bond acceptors (Lipinski definition) is 4. The highest BCUT2D eigenvalue weighted by molar-refractivity contribution is 5.72. The SMILES string of the molecule is CCCCC1CCc2nc(-c3ccc(OC(=O)CCC)cc3)ncc2C1. The third-order valence-corrected chi connectivity index (χ3v) is 5.02. The summed E-state index contributed by atoms with van der Waals surface area (Å²) in [5, 5.41) is 0. The summed E-state index contributed by atoms with van der Waals surface area (Å²) in [5.74, 6) is 1.92. The van der Waals surface area contributed by atoms with Gasteiger partial charge in [-0.2, -0.15) is 0 Å². The zero-order valence-electron chi connectivity index (χ0n) is 15.8. The summed E-state index contributed by atoms with van der Waals surface area (Å²) < 4.78 is 5.30. The van der Waals surface area contributed by atoms with E-state index in [0.717, 1.165) is 36.6 Å². The Labute approximate surface area is 156 Å². The minimum atomic E-state index is -0.192. The third kappa shape index (κ3) is 4.69. The number of aromatic nitrogens is 2. The Bertz CT molecular complexity index is 740. The van der Waals surface area contributed by atoms with E-state index in [4.69, 9.17) is 9.72 Å². The maximum atomic E-state index is 11.6. The Balaban J connectivity index is 1.68. The van der Waals surface area contributed by atoms with Crippen molar-refractivity contribution < 1.29 is 9.53 Å². The fraction of sp³-hybridized carbons (Fsp3) is 0.500. The third-order valence-electron chi connectivity index (χ3n) is 5.02. The van der Waals surface area contributed by atoms with Gasteiger partial charge in [-0.05, 0) is 61.4 Å². The first kappa shape index (κ1) is 18.6. The van der Waals surface area contributed by atoms with Crippen LogP contribution in [-0.2, 0) is 17.6 Å². The van der Waals surface area contributed by atoms with Crippen molar-refractivity contribution in [3.05, 3.63) is 41.7 Å². The molecule has 1 aromatic carbocycles. The summed E-state index contributed by atoms with van der Waals surface area (Å²) in [6, 6.07) is 7.46. The molecular weight excluding hydrogens is 324 g/mol. The van der Waals surface area contributed by atoms with Crippen LogP contribution in [0.15, 0.2) is 30.5 Å². The van der Waals surface area contributed by atoms with Gasteiger partial charge in [0, 0.05) is 23.9 Å². The van der Waals surface area contributed by atoms with Crippen molar-refractivity contribution in [2.45, 2.75) is 65.2 Å². The van der Waals surface area contributed by atoms with E-state index in [-0.39, 0.29) is 5.97 Å². The zero-order chi connectivity index (χ0) is 18.4. The minimum absolute atomic E-state index is 0.192. The van der Waals surface area contributed by atoms with Crippen LogP contribution in [0.25, 0.3) is 11.4 Å². The van der Waals surface area contributed by atoms with Crippen LogP contribution in [0.3, 0.4) is 0 Å². The Kier molecular flexibility index (Phi) is 6.37. The average Bonchev–Trinajstić information content (AvgIpc) is 2.66. The number of ether oxygens (including phenoxy) is 1. The van der Waals surface area contributed by atoms with Gasteiger partial charge in [-0.3, -0.25) is 4.79 Å². The van der Waals surface area contributed by atoms with E-state index in [2.05, 4.69) is 11.9 Å². The lowest BCUT2D eigenvalue weighted by atomic mass is 9.84. The molecule has 1 aromatic heterocycles. The van der Waals surface area contributed by atoms with Crippen molar-refractivity contribution in [3.63, 3.8) is 0 Å². The number of benzene rings is 1. The van der Waals surface area contributed by atoms with Gasteiger partial charge in [0.25, 0.3) is 0 Å². The number of rotatable bonds is 7. The molecule has 1 aliphatic carbocycles. The first-order chi connectivity index (χ1) is 12.7. The number of hydrogen-bond donors (Lipinski definition) is 0. The Morgan fingerprint density at radius 3 is 2.73 bits per heavy atom. The Morgan fingerprint density at radius 2 is 2.00 bits per heavy atom. The topological polar surface area (TPSA) is 52.1 Å². The van der Waals surface area contributed by atoms with E-state index in [0.29, 0.717) is 12.2 Å². The first-order valence-electron chi connectivity index (χ1n) is 9.85. The second-order valence-corrected chi connectivity index (χ2v) is 7.17. The summed E-state index contributed by atoms with van der Waals surface area (Å²) in [6.45, 7) is 4.21. The quantitative estimate of drug-likeness (QED) is 0.511. The normalized spacial score (nSPS) is 16.2. The number of carbonyl (C=O) groups excluding carboxylic acids is 1. The van der Waals surface area contributed by atoms with Crippen molar-refractivity contribution in [1.82, 2.24) is 9.97 Å². The van der Waals surface area contributed by atoms with Crippen LogP contribution in [0.5, 0.6) is 5.75 Å². The molecule has 0 spiro atoms. The van der Waals surface area contributed by atoms with Gasteiger partial charge >= 0.3 is 5.97 Å². The van der Waals surface area contributed by atoms with Gasteiger partial charge in [0.2, 0.25) is 0 Å². The predicted octanol–water partition coefficient (Wildman–Crippen LogP) is 5.14. The molecule has 0 radical (unpaired) electrons. The van der Waals surface area contributed by atoms with Crippen molar-refractivity contribution in [3.8, 4) is 17.1 Å². The lowest BCUT2D eigenvalue weighted by Crippen LogP contribution is -2.16. The molecule has 0 saturated heterocycles. The lowest BCUT2D eigenvalue weighted by molar-refractivity contribution is -0.134. The summed E-state index contributed by atoms with van der Waals surface area (Å²) in [7, 11) is 0. The second kappa shape index (κ2) is 8.93. The summed E-state index contributed by atoms with van der Waals surface area (Å²) >= 11 is 0. The number of esters is 1. The van der Waals surface area contributed by atoms with Crippen molar-refractivity contribution in [2.75, 3.05) is 0 Å². The molecule has 138 valence electrons. The van der Waals surface area contributed by atoms with E-state index in [1.54, 1.807) is 0 Å². The van der Waals surface area contributed by atoms with E-state index in [1.807, 2.05) is 37.4 Å². The van der Waals surface area contributed by atoms with Gasteiger partial charge in [-0.1, -0.05) is 33.1 Å². The van der Waals surface area contributed by atoms with Crippen LogP contribution >= 0.6 is 0 Å². The fourth-order valence-corrected chi connectivity index (χ4v) is 3.52. The van der Waals surface area contributed by atoms with Crippen LogP contribution in [0.4, 0.5) is 0 Å². The van der Waals surface area contributed by atoms with Crippen LogP contribution in [0.1, 0.15) is 63.6 Å².